The summed E-state index contributed by atoms with van der Waals surface area (Å²) in [5.41, 5.74) is 1.37. The second-order valence-electron chi connectivity index (χ2n) is 2.68. The molecular weight excluding hydrogens is 168 g/mol. The third-order valence-electron chi connectivity index (χ3n) is 1.91. The van der Waals surface area contributed by atoms with Crippen LogP contribution in [0, 0.1) is 0 Å². The molecule has 0 unspecified atom stereocenters. The average molecular weight is 174 g/mol. The number of carbonyl (C=O) groups excluding carboxylic acids is 2. The Balaban J connectivity index is 2.80. The van der Waals surface area contributed by atoms with Crippen molar-refractivity contribution in [3.63, 3.8) is 0 Å². The van der Waals surface area contributed by atoms with Crippen LogP contribution >= 0.6 is 0 Å². The highest BCUT2D eigenvalue weighted by molar-refractivity contribution is 5.96. The SMILES string of the molecule is O=Cc1cc2ccoc2cc1C=O. The largest absolute Gasteiger partial charge is 0.464 e. The standard InChI is InChI=1S/C10H6O3/c11-5-8-3-7-1-2-13-10(7)4-9(8)6-12/h1-6H. The summed E-state index contributed by atoms with van der Waals surface area (Å²) < 4.78 is 5.09. The molecule has 0 amide bonds. The van der Waals surface area contributed by atoms with Crippen molar-refractivity contribution in [1.29, 1.82) is 0 Å². The van der Waals surface area contributed by atoms with Crippen molar-refractivity contribution in [3.8, 4) is 0 Å². The molecule has 1 heterocycles. The molecule has 0 fully saturated rings. The van der Waals surface area contributed by atoms with E-state index in [-0.39, 0.29) is 0 Å². The van der Waals surface area contributed by atoms with Crippen LogP contribution in [0.5, 0.6) is 0 Å². The molecule has 0 bridgehead atoms. The van der Waals surface area contributed by atoms with Crippen molar-refractivity contribution in [3.05, 3.63) is 35.6 Å². The van der Waals surface area contributed by atoms with Crippen LogP contribution in [0.15, 0.2) is 28.9 Å². The molecule has 1 aromatic heterocycles. The molecule has 64 valence electrons. The summed E-state index contributed by atoms with van der Waals surface area (Å²) in [4.78, 5) is 21.1. The number of hydrogen-bond donors (Lipinski definition) is 0. The van der Waals surface area contributed by atoms with Gasteiger partial charge in [0.1, 0.15) is 5.58 Å². The normalized spacial score (nSPS) is 10.2. The van der Waals surface area contributed by atoms with E-state index in [1.807, 2.05) is 0 Å². The lowest BCUT2D eigenvalue weighted by Gasteiger charge is -1.95. The molecule has 0 aliphatic carbocycles. The molecule has 0 atom stereocenters. The van der Waals surface area contributed by atoms with Gasteiger partial charge in [0.15, 0.2) is 12.6 Å². The lowest BCUT2D eigenvalue weighted by Crippen LogP contribution is -1.89. The van der Waals surface area contributed by atoms with Gasteiger partial charge in [0.05, 0.1) is 6.26 Å². The van der Waals surface area contributed by atoms with Crippen LogP contribution in [-0.4, -0.2) is 12.6 Å². The highest BCUT2D eigenvalue weighted by atomic mass is 16.3. The van der Waals surface area contributed by atoms with Gasteiger partial charge in [0, 0.05) is 16.5 Å². The van der Waals surface area contributed by atoms with Gasteiger partial charge in [-0.05, 0) is 18.2 Å². The van der Waals surface area contributed by atoms with Crippen LogP contribution in [0.25, 0.3) is 11.0 Å². The third-order valence-corrected chi connectivity index (χ3v) is 1.91. The van der Waals surface area contributed by atoms with Crippen LogP contribution in [-0.2, 0) is 0 Å². The highest BCUT2D eigenvalue weighted by Gasteiger charge is 2.04. The summed E-state index contributed by atoms with van der Waals surface area (Å²) in [5, 5.41) is 0.827. The van der Waals surface area contributed by atoms with E-state index in [4.69, 9.17) is 4.42 Å². The molecule has 3 nitrogen and oxygen atoms in total. The Bertz CT molecular complexity index is 426. The van der Waals surface area contributed by atoms with Crippen LogP contribution in [0.4, 0.5) is 0 Å². The number of rotatable bonds is 2. The zero-order chi connectivity index (χ0) is 9.26. The molecular formula is C10H6O3. The first-order chi connectivity index (χ1) is 6.35. The van der Waals surface area contributed by atoms with Crippen molar-refractivity contribution in [1.82, 2.24) is 0 Å². The Hall–Kier alpha value is -1.90. The minimum Gasteiger partial charge on any atom is -0.464 e. The van der Waals surface area contributed by atoms with Crippen molar-refractivity contribution in [2.75, 3.05) is 0 Å². The molecule has 0 saturated heterocycles. The molecule has 0 aliphatic rings. The predicted molar refractivity (Wildman–Crippen MR) is 47.0 cm³/mol. The van der Waals surface area contributed by atoms with Gasteiger partial charge >= 0.3 is 0 Å². The maximum atomic E-state index is 10.6. The number of hydrogen-bond acceptors (Lipinski definition) is 3. The molecule has 1 aromatic carbocycles. The van der Waals surface area contributed by atoms with E-state index in [1.54, 1.807) is 18.2 Å². The smallest absolute Gasteiger partial charge is 0.150 e. The maximum absolute atomic E-state index is 10.6. The quantitative estimate of drug-likeness (QED) is 0.654. The summed E-state index contributed by atoms with van der Waals surface area (Å²) in [6.07, 6.45) is 2.83. The van der Waals surface area contributed by atoms with Crippen LogP contribution in [0.3, 0.4) is 0 Å². The molecule has 0 radical (unpaired) electrons. The van der Waals surface area contributed by atoms with Gasteiger partial charge in [-0.3, -0.25) is 9.59 Å². The van der Waals surface area contributed by atoms with Crippen molar-refractivity contribution in [2.45, 2.75) is 0 Å². The molecule has 2 aromatic rings. The number of fused-ring (bicyclic) bond motifs is 1. The van der Waals surface area contributed by atoms with Crippen molar-refractivity contribution < 1.29 is 14.0 Å². The third kappa shape index (κ3) is 1.14. The Morgan fingerprint density at radius 2 is 1.77 bits per heavy atom. The Morgan fingerprint density at radius 1 is 1.08 bits per heavy atom. The summed E-state index contributed by atoms with van der Waals surface area (Å²) in [6, 6.07) is 4.94. The molecule has 13 heavy (non-hydrogen) atoms. The number of carbonyl (C=O) groups is 2. The van der Waals surface area contributed by atoms with Crippen molar-refractivity contribution in [2.24, 2.45) is 0 Å². The summed E-state index contributed by atoms with van der Waals surface area (Å²) >= 11 is 0. The van der Waals surface area contributed by atoms with Crippen LogP contribution < -0.4 is 0 Å². The summed E-state index contributed by atoms with van der Waals surface area (Å²) in [5.74, 6) is 0. The summed E-state index contributed by atoms with van der Waals surface area (Å²) in [7, 11) is 0. The van der Waals surface area contributed by atoms with Crippen LogP contribution in [0.1, 0.15) is 20.7 Å². The minimum atomic E-state index is 0.359. The average Bonchev–Trinajstić information content (AvgIpc) is 2.62. The lowest BCUT2D eigenvalue weighted by molar-refractivity contribution is 0.109. The second-order valence-corrected chi connectivity index (χ2v) is 2.68. The topological polar surface area (TPSA) is 47.3 Å². The van der Waals surface area contributed by atoms with E-state index in [9.17, 15) is 9.59 Å². The summed E-state index contributed by atoms with van der Waals surface area (Å²) in [6.45, 7) is 0. The van der Waals surface area contributed by atoms with Gasteiger partial charge in [-0.25, -0.2) is 0 Å². The minimum absolute atomic E-state index is 0.359. The van der Waals surface area contributed by atoms with E-state index in [1.165, 1.54) is 6.26 Å². The fraction of sp³-hybridized carbons (Fsp3) is 0. The van der Waals surface area contributed by atoms with Crippen molar-refractivity contribution >= 4 is 23.5 Å². The monoisotopic (exact) mass is 174 g/mol. The Kier molecular flexibility index (Phi) is 1.70. The molecule has 2 rings (SSSR count). The number of benzene rings is 1. The number of furan rings is 1. The fourth-order valence-electron chi connectivity index (χ4n) is 1.25. The number of aldehydes is 2. The van der Waals surface area contributed by atoms with Crippen LogP contribution in [0.2, 0.25) is 0 Å². The van der Waals surface area contributed by atoms with E-state index in [0.717, 1.165) is 5.39 Å². The zero-order valence-corrected chi connectivity index (χ0v) is 6.69. The Morgan fingerprint density at radius 3 is 2.46 bits per heavy atom. The molecule has 3 heteroatoms. The maximum Gasteiger partial charge on any atom is 0.150 e. The predicted octanol–water partition coefficient (Wildman–Crippen LogP) is 2.06. The van der Waals surface area contributed by atoms with E-state index in [2.05, 4.69) is 0 Å². The van der Waals surface area contributed by atoms with Gasteiger partial charge in [-0.1, -0.05) is 0 Å². The van der Waals surface area contributed by atoms with E-state index >= 15 is 0 Å². The van der Waals surface area contributed by atoms with Gasteiger partial charge < -0.3 is 4.42 Å². The second kappa shape index (κ2) is 2.86. The first kappa shape index (κ1) is 7.73. The zero-order valence-electron chi connectivity index (χ0n) is 6.69. The van der Waals surface area contributed by atoms with Gasteiger partial charge in [0.2, 0.25) is 0 Å². The lowest BCUT2D eigenvalue weighted by atomic mass is 10.1. The molecule has 0 N–H and O–H groups in total. The fourth-order valence-corrected chi connectivity index (χ4v) is 1.25. The van der Waals surface area contributed by atoms with Gasteiger partial charge in [-0.15, -0.1) is 0 Å². The Labute approximate surface area is 74.0 Å². The van der Waals surface area contributed by atoms with Gasteiger partial charge in [0.25, 0.3) is 0 Å². The van der Waals surface area contributed by atoms with E-state index in [0.29, 0.717) is 29.3 Å². The molecule has 0 saturated carbocycles. The van der Waals surface area contributed by atoms with E-state index < -0.39 is 0 Å². The first-order valence-corrected chi connectivity index (χ1v) is 3.77. The molecule has 0 aliphatic heterocycles. The highest BCUT2D eigenvalue weighted by Crippen LogP contribution is 2.18. The van der Waals surface area contributed by atoms with Gasteiger partial charge in [-0.2, -0.15) is 0 Å². The first-order valence-electron chi connectivity index (χ1n) is 3.77. The molecule has 0 spiro atoms.